The van der Waals surface area contributed by atoms with Gasteiger partial charge in [0, 0.05) is 82.3 Å². The Kier molecular flexibility index (Phi) is 9.76. The van der Waals surface area contributed by atoms with Crippen LogP contribution in [0.3, 0.4) is 0 Å². The second-order valence-corrected chi connectivity index (χ2v) is 15.5. The molecule has 2 unspecified atom stereocenters. The average Bonchev–Trinajstić information content (AvgIpc) is 3.85. The highest BCUT2D eigenvalue weighted by atomic mass is 35.5. The van der Waals surface area contributed by atoms with Crippen molar-refractivity contribution in [2.75, 3.05) is 58.7 Å². The molecule has 0 saturated carbocycles. The van der Waals surface area contributed by atoms with Gasteiger partial charge in [0.15, 0.2) is 6.10 Å². The van der Waals surface area contributed by atoms with Crippen LogP contribution >= 0.6 is 11.6 Å². The van der Waals surface area contributed by atoms with E-state index in [9.17, 15) is 27.6 Å². The summed E-state index contributed by atoms with van der Waals surface area (Å²) < 4.78 is 49.9. The Morgan fingerprint density at radius 1 is 1.00 bits per heavy atom. The number of halogens is 4. The smallest absolute Gasteiger partial charge is 0.418 e. The first-order valence-corrected chi connectivity index (χ1v) is 19.0. The summed E-state index contributed by atoms with van der Waals surface area (Å²) in [5, 5.41) is 3.21. The van der Waals surface area contributed by atoms with Gasteiger partial charge >= 0.3 is 18.0 Å². The molecule has 4 aliphatic heterocycles. The quantitative estimate of drug-likeness (QED) is 0.258. The third-order valence-corrected chi connectivity index (χ3v) is 12.3. The number of fused-ring (bicyclic) bond motifs is 5. The topological polar surface area (TPSA) is 119 Å². The molecular formula is C38H44ClF3N8O4. The molecule has 2 bridgehead atoms. The fraction of sp³-hybridized carbons (Fsp3) is 0.526. The van der Waals surface area contributed by atoms with E-state index in [4.69, 9.17) is 16.3 Å². The summed E-state index contributed by atoms with van der Waals surface area (Å²) in [6.45, 7) is 3.49. The number of aromatic amines is 1. The minimum absolute atomic E-state index is 0.128. The fourth-order valence-corrected chi connectivity index (χ4v) is 9.54. The average molecular weight is 769 g/mol. The van der Waals surface area contributed by atoms with Crippen molar-refractivity contribution in [3.05, 3.63) is 69.2 Å². The number of nitrogens with one attached hydrogen (secondary N) is 2. The van der Waals surface area contributed by atoms with Crippen LogP contribution in [0, 0.1) is 0 Å². The van der Waals surface area contributed by atoms with E-state index < -0.39 is 29.8 Å². The lowest BCUT2D eigenvalue weighted by Crippen LogP contribution is -2.54. The number of piperazine rings is 1. The third-order valence-electron chi connectivity index (χ3n) is 12.0. The number of likely N-dealkylation sites (N-methyl/N-ethyl adjacent to an activating group) is 1. The normalized spacial score (nSPS) is 22.4. The number of rotatable bonds is 7. The van der Waals surface area contributed by atoms with Gasteiger partial charge in [-0.1, -0.05) is 29.8 Å². The lowest BCUT2D eigenvalue weighted by Gasteiger charge is -2.42. The number of hydrogen-bond acceptors (Lipinski definition) is 8. The summed E-state index contributed by atoms with van der Waals surface area (Å²) in [6.07, 6.45) is -1.80. The molecule has 4 saturated heterocycles. The van der Waals surface area contributed by atoms with E-state index in [1.165, 1.54) is 18.0 Å². The Morgan fingerprint density at radius 2 is 1.70 bits per heavy atom. The van der Waals surface area contributed by atoms with Gasteiger partial charge < -0.3 is 29.7 Å². The van der Waals surface area contributed by atoms with Crippen molar-refractivity contribution in [1.29, 1.82) is 0 Å². The molecule has 4 aromatic rings. The predicted molar refractivity (Wildman–Crippen MR) is 199 cm³/mol. The van der Waals surface area contributed by atoms with Crippen molar-refractivity contribution in [1.82, 2.24) is 34.1 Å². The molecule has 2 aromatic heterocycles. The largest absolute Gasteiger partial charge is 0.436 e. The Morgan fingerprint density at radius 3 is 2.37 bits per heavy atom. The molecule has 6 heterocycles. The van der Waals surface area contributed by atoms with Crippen LogP contribution in [0.5, 0.6) is 0 Å². The molecule has 2 N–H and O–H groups in total. The minimum Gasteiger partial charge on any atom is -0.436 e. The maximum atomic E-state index is 14.2. The molecule has 12 nitrogen and oxygen atoms in total. The van der Waals surface area contributed by atoms with Crippen LogP contribution in [0.25, 0.3) is 21.9 Å². The summed E-state index contributed by atoms with van der Waals surface area (Å²) >= 11 is 6.31. The SMILES string of the molecule is CNc1c(Cl)cc(C[C@@H](OC(=O)N2CCC(n3c(=O)[nH]c4c5ccccc5ncc43)CC2)C(=O)N2CCC(N3CC4CC3CN4C)CC2)cc1C(F)(F)F. The number of alkyl halides is 3. The van der Waals surface area contributed by atoms with E-state index >= 15 is 0 Å². The van der Waals surface area contributed by atoms with Crippen LogP contribution in [-0.4, -0.2) is 124 Å². The first kappa shape index (κ1) is 36.6. The highest BCUT2D eigenvalue weighted by molar-refractivity contribution is 6.33. The van der Waals surface area contributed by atoms with Gasteiger partial charge in [0.25, 0.3) is 5.91 Å². The number of piperidine rings is 2. The third kappa shape index (κ3) is 6.79. The lowest BCUT2D eigenvalue weighted by molar-refractivity contribution is -0.142. The molecule has 8 rings (SSSR count). The molecule has 0 aliphatic carbocycles. The number of likely N-dealkylation sites (tertiary alicyclic amines) is 4. The van der Waals surface area contributed by atoms with E-state index in [1.54, 1.807) is 15.7 Å². The number of amides is 2. The highest BCUT2D eigenvalue weighted by Crippen LogP contribution is 2.40. The summed E-state index contributed by atoms with van der Waals surface area (Å²) in [7, 11) is 3.52. The molecule has 2 amide bonds. The standard InChI is InChI=1S/C38H44ClF3N8O4/c1-43-34-28(38(40,41)42)15-22(16-29(34)39)17-32(35(51)47-11-7-23(8-12-47)49-21-25-18-26(49)20-46(25)2)54-37(53)48-13-9-24(10-14-48)50-31-19-44-30-6-4-3-5-27(30)33(31)45-36(50)52/h3-6,15-16,19,23-26,32,43H,7-14,17-18,20-21H2,1-2H3,(H,45,52)/t25?,26?,32-/m1/s1. The zero-order chi connectivity index (χ0) is 37.9. The van der Waals surface area contributed by atoms with Gasteiger partial charge in [-0.2, -0.15) is 13.2 Å². The van der Waals surface area contributed by atoms with Crippen LogP contribution in [0.15, 0.2) is 47.4 Å². The molecule has 4 fully saturated rings. The molecule has 2 aromatic carbocycles. The van der Waals surface area contributed by atoms with Gasteiger partial charge in [-0.05, 0) is 62.9 Å². The van der Waals surface area contributed by atoms with Crippen molar-refractivity contribution < 1.29 is 27.5 Å². The second-order valence-electron chi connectivity index (χ2n) is 15.1. The number of ether oxygens (including phenoxy) is 1. The molecule has 0 radical (unpaired) electrons. The van der Waals surface area contributed by atoms with Crippen LogP contribution in [0.4, 0.5) is 23.7 Å². The number of para-hydroxylation sites is 1. The monoisotopic (exact) mass is 768 g/mol. The molecular weight excluding hydrogens is 725 g/mol. The van der Waals surface area contributed by atoms with Crippen molar-refractivity contribution >= 4 is 51.2 Å². The number of anilines is 1. The number of pyridine rings is 1. The van der Waals surface area contributed by atoms with E-state index in [1.807, 2.05) is 24.3 Å². The molecule has 4 aliphatic rings. The number of benzene rings is 2. The maximum absolute atomic E-state index is 14.2. The summed E-state index contributed by atoms with van der Waals surface area (Å²) in [4.78, 5) is 56.7. The Balaban J connectivity index is 0.981. The molecule has 54 heavy (non-hydrogen) atoms. The lowest BCUT2D eigenvalue weighted by atomic mass is 9.99. The minimum atomic E-state index is -4.71. The number of imidazole rings is 1. The molecule has 16 heteroatoms. The molecule has 288 valence electrons. The van der Waals surface area contributed by atoms with E-state index in [0.29, 0.717) is 55.1 Å². The van der Waals surface area contributed by atoms with Crippen LogP contribution in [0.1, 0.15) is 49.3 Å². The Labute approximate surface area is 315 Å². The zero-order valence-electron chi connectivity index (χ0n) is 30.2. The van der Waals surface area contributed by atoms with Gasteiger partial charge in [0.2, 0.25) is 0 Å². The summed E-state index contributed by atoms with van der Waals surface area (Å²) in [5.74, 6) is -0.438. The van der Waals surface area contributed by atoms with E-state index in [-0.39, 0.29) is 47.5 Å². The number of carbonyl (C=O) groups excluding carboxylic acids is 2. The number of hydrogen-bond donors (Lipinski definition) is 2. The van der Waals surface area contributed by atoms with Crippen LogP contribution < -0.4 is 11.0 Å². The van der Waals surface area contributed by atoms with Crippen LogP contribution in [-0.2, 0) is 22.1 Å². The number of H-pyrrole nitrogens is 1. The number of aromatic nitrogens is 3. The highest BCUT2D eigenvalue weighted by Gasteiger charge is 2.45. The van der Waals surface area contributed by atoms with Gasteiger partial charge in [0.1, 0.15) is 0 Å². The van der Waals surface area contributed by atoms with E-state index in [2.05, 4.69) is 32.1 Å². The summed E-state index contributed by atoms with van der Waals surface area (Å²) in [5.41, 5.74) is 0.791. The van der Waals surface area contributed by atoms with Gasteiger partial charge in [-0.3, -0.25) is 19.2 Å². The van der Waals surface area contributed by atoms with Crippen molar-refractivity contribution in [3.8, 4) is 0 Å². The first-order valence-electron chi connectivity index (χ1n) is 18.6. The number of nitrogens with zero attached hydrogens (tertiary/aromatic N) is 6. The molecule has 0 spiro atoms. The van der Waals surface area contributed by atoms with Crippen molar-refractivity contribution in [2.45, 2.75) is 75.0 Å². The maximum Gasteiger partial charge on any atom is 0.418 e. The van der Waals surface area contributed by atoms with Crippen molar-refractivity contribution in [3.63, 3.8) is 0 Å². The zero-order valence-corrected chi connectivity index (χ0v) is 31.0. The predicted octanol–water partition coefficient (Wildman–Crippen LogP) is 5.36. The van der Waals surface area contributed by atoms with Gasteiger partial charge in [-0.25, -0.2) is 9.59 Å². The number of carbonyl (C=O) groups is 2. The second kappa shape index (κ2) is 14.4. The fourth-order valence-electron chi connectivity index (χ4n) is 9.20. The van der Waals surface area contributed by atoms with E-state index in [0.717, 1.165) is 49.3 Å². The van der Waals surface area contributed by atoms with Gasteiger partial charge in [0.05, 0.1) is 39.0 Å². The first-order chi connectivity index (χ1) is 25.9. The Bertz CT molecular complexity index is 2120. The summed E-state index contributed by atoms with van der Waals surface area (Å²) in [6, 6.07) is 11.1. The molecule has 3 atom stereocenters. The van der Waals surface area contributed by atoms with Crippen LogP contribution in [0.2, 0.25) is 5.02 Å². The van der Waals surface area contributed by atoms with Crippen molar-refractivity contribution in [2.24, 2.45) is 0 Å². The Hall–Kier alpha value is -4.34. The van der Waals surface area contributed by atoms with Gasteiger partial charge in [-0.15, -0.1) is 0 Å².